The predicted molar refractivity (Wildman–Crippen MR) is 49.1 cm³/mol. The van der Waals surface area contributed by atoms with Gasteiger partial charge in [0.2, 0.25) is 0 Å². The van der Waals surface area contributed by atoms with Crippen LogP contribution in [-0.2, 0) is 19.9 Å². The molecule has 1 unspecified atom stereocenters. The van der Waals surface area contributed by atoms with Crippen LogP contribution in [0.5, 0.6) is 0 Å². The normalized spacial score (nSPS) is 15.8. The molecule has 0 spiro atoms. The monoisotopic (exact) mass is 187 g/mol. The van der Waals surface area contributed by atoms with Gasteiger partial charge < -0.3 is 0 Å². The first kappa shape index (κ1) is 8.64. The number of hydrogen-bond acceptors (Lipinski definition) is 2. The summed E-state index contributed by atoms with van der Waals surface area (Å²) in [6, 6.07) is 7.08. The van der Waals surface area contributed by atoms with E-state index in [1.54, 1.807) is 12.1 Å². The molecular formula is C7H9NOS2. The van der Waals surface area contributed by atoms with Gasteiger partial charge in [-0.2, -0.15) is 0 Å². The van der Waals surface area contributed by atoms with Crippen molar-refractivity contribution in [1.82, 2.24) is 0 Å². The Labute approximate surface area is 71.2 Å². The average Bonchev–Trinajstić information content (AvgIpc) is 1.86. The summed E-state index contributed by atoms with van der Waals surface area (Å²) in [5.41, 5.74) is 1.10. The lowest BCUT2D eigenvalue weighted by atomic mass is 10.2. The molecule has 1 rings (SSSR count). The van der Waals surface area contributed by atoms with E-state index in [1.165, 1.54) is 0 Å². The zero-order chi connectivity index (χ0) is 8.48. The molecule has 0 saturated heterocycles. The lowest BCUT2D eigenvalue weighted by Crippen LogP contribution is -2.10. The van der Waals surface area contributed by atoms with Gasteiger partial charge in [0.1, 0.15) is 8.68 Å². The van der Waals surface area contributed by atoms with E-state index >= 15 is 0 Å². The van der Waals surface area contributed by atoms with E-state index in [0.29, 0.717) is 4.90 Å². The number of aryl methyl sites for hydroxylation is 1. The average molecular weight is 187 g/mol. The Kier molecular flexibility index (Phi) is 2.27. The standard InChI is InChI=1S/C7H9NOS2/c1-6-2-4-7(5-3-6)11(8,9)10/h2-5H,1H3,(H2,8,9,10). The molecule has 4 heteroatoms. The van der Waals surface area contributed by atoms with Gasteiger partial charge in [-0.1, -0.05) is 17.7 Å². The first-order valence-electron chi connectivity index (χ1n) is 3.09. The maximum Gasteiger partial charge on any atom is 0.116 e. The van der Waals surface area contributed by atoms with E-state index in [1.807, 2.05) is 19.1 Å². The van der Waals surface area contributed by atoms with Crippen LogP contribution in [0.3, 0.4) is 0 Å². The van der Waals surface area contributed by atoms with Gasteiger partial charge in [0.15, 0.2) is 0 Å². The highest BCUT2D eigenvalue weighted by Gasteiger charge is 2.00. The number of hydrogen-bond donors (Lipinski definition) is 1. The van der Waals surface area contributed by atoms with E-state index in [2.05, 4.69) is 11.2 Å². The fraction of sp³-hybridized carbons (Fsp3) is 0.143. The molecule has 0 amide bonds. The van der Waals surface area contributed by atoms with E-state index in [0.717, 1.165) is 5.56 Å². The fourth-order valence-corrected chi connectivity index (χ4v) is 1.58. The van der Waals surface area contributed by atoms with E-state index in [9.17, 15) is 4.21 Å². The first-order chi connectivity index (χ1) is 5.00. The van der Waals surface area contributed by atoms with Crippen LogP contribution in [0.2, 0.25) is 0 Å². The topological polar surface area (TPSA) is 43.1 Å². The molecule has 0 bridgehead atoms. The van der Waals surface area contributed by atoms with Gasteiger partial charge in [0, 0.05) is 11.2 Å². The highest BCUT2D eigenvalue weighted by atomic mass is 32.8. The van der Waals surface area contributed by atoms with Crippen LogP contribution in [-0.4, -0.2) is 4.21 Å². The minimum absolute atomic E-state index is 0.526. The molecule has 1 aromatic rings. The van der Waals surface area contributed by atoms with Gasteiger partial charge in [0.05, 0.1) is 4.90 Å². The second-order valence-electron chi connectivity index (χ2n) is 2.36. The van der Waals surface area contributed by atoms with E-state index in [4.69, 9.17) is 5.14 Å². The molecule has 1 aromatic carbocycles. The van der Waals surface area contributed by atoms with Gasteiger partial charge >= 0.3 is 0 Å². The van der Waals surface area contributed by atoms with Crippen LogP contribution in [0, 0.1) is 6.92 Å². The molecule has 0 aliphatic rings. The molecule has 0 aliphatic heterocycles. The van der Waals surface area contributed by atoms with Crippen LogP contribution in [0.15, 0.2) is 29.2 Å². The molecule has 1 atom stereocenters. The van der Waals surface area contributed by atoms with Crippen molar-refractivity contribution in [2.24, 2.45) is 5.14 Å². The Balaban J connectivity index is 3.20. The highest BCUT2D eigenvalue weighted by molar-refractivity contribution is 8.31. The number of benzene rings is 1. The quantitative estimate of drug-likeness (QED) is 0.712. The van der Waals surface area contributed by atoms with Crippen molar-refractivity contribution in [2.45, 2.75) is 11.8 Å². The molecule has 2 nitrogen and oxygen atoms in total. The second kappa shape index (κ2) is 2.89. The largest absolute Gasteiger partial charge is 0.247 e. The van der Waals surface area contributed by atoms with Crippen molar-refractivity contribution in [3.05, 3.63) is 29.8 Å². The van der Waals surface area contributed by atoms with Crippen molar-refractivity contribution in [2.75, 3.05) is 0 Å². The Hall–Kier alpha value is -0.450. The Bertz CT molecular complexity index is 339. The zero-order valence-corrected chi connectivity index (χ0v) is 7.74. The summed E-state index contributed by atoms with van der Waals surface area (Å²) in [6.07, 6.45) is 0. The van der Waals surface area contributed by atoms with Gasteiger partial charge in [-0.05, 0) is 19.1 Å². The minimum atomic E-state index is -2.69. The fourth-order valence-electron chi connectivity index (χ4n) is 0.728. The Morgan fingerprint density at radius 3 is 2.18 bits per heavy atom. The molecule has 2 N–H and O–H groups in total. The maximum atomic E-state index is 11.1. The third-order valence-corrected chi connectivity index (χ3v) is 2.86. The van der Waals surface area contributed by atoms with Crippen LogP contribution in [0.4, 0.5) is 0 Å². The van der Waals surface area contributed by atoms with Crippen molar-refractivity contribution < 1.29 is 4.21 Å². The molecule has 0 fully saturated rings. The molecule has 0 aliphatic carbocycles. The smallest absolute Gasteiger partial charge is 0.116 e. The Morgan fingerprint density at radius 2 is 1.82 bits per heavy atom. The van der Waals surface area contributed by atoms with Gasteiger partial charge in [-0.15, -0.1) is 0 Å². The van der Waals surface area contributed by atoms with Gasteiger partial charge in [-0.3, -0.25) is 0 Å². The van der Waals surface area contributed by atoms with Crippen molar-refractivity contribution >= 4 is 19.9 Å². The summed E-state index contributed by atoms with van der Waals surface area (Å²) >= 11 is 4.60. The summed E-state index contributed by atoms with van der Waals surface area (Å²) in [5, 5.41) is 5.25. The van der Waals surface area contributed by atoms with Crippen molar-refractivity contribution in [1.29, 1.82) is 0 Å². The van der Waals surface area contributed by atoms with E-state index < -0.39 is 8.68 Å². The van der Waals surface area contributed by atoms with Crippen LogP contribution in [0.1, 0.15) is 5.56 Å². The van der Waals surface area contributed by atoms with Crippen LogP contribution in [0.25, 0.3) is 0 Å². The third kappa shape index (κ3) is 2.25. The third-order valence-electron chi connectivity index (χ3n) is 1.35. The Morgan fingerprint density at radius 1 is 1.36 bits per heavy atom. The molecule has 0 heterocycles. The van der Waals surface area contributed by atoms with Crippen molar-refractivity contribution in [3.8, 4) is 0 Å². The summed E-state index contributed by atoms with van der Waals surface area (Å²) in [6.45, 7) is 1.95. The SMILES string of the molecule is Cc1ccc(S(N)(=O)=S)cc1. The molecular weight excluding hydrogens is 178 g/mol. The molecule has 60 valence electrons. The summed E-state index contributed by atoms with van der Waals surface area (Å²) in [7, 11) is -2.69. The molecule has 0 saturated carbocycles. The number of rotatable bonds is 1. The van der Waals surface area contributed by atoms with Crippen LogP contribution < -0.4 is 5.14 Å². The first-order valence-corrected chi connectivity index (χ1v) is 5.64. The summed E-state index contributed by atoms with van der Waals surface area (Å²) < 4.78 is 11.1. The lowest BCUT2D eigenvalue weighted by Gasteiger charge is -1.99. The molecule has 0 aromatic heterocycles. The van der Waals surface area contributed by atoms with Gasteiger partial charge in [-0.25, -0.2) is 9.35 Å². The zero-order valence-electron chi connectivity index (χ0n) is 6.11. The highest BCUT2D eigenvalue weighted by Crippen LogP contribution is 2.07. The minimum Gasteiger partial charge on any atom is -0.247 e. The maximum absolute atomic E-state index is 11.1. The van der Waals surface area contributed by atoms with Gasteiger partial charge in [0.25, 0.3) is 0 Å². The number of nitrogens with two attached hydrogens (primary N) is 1. The summed E-state index contributed by atoms with van der Waals surface area (Å²) in [5.74, 6) is 0. The van der Waals surface area contributed by atoms with E-state index in [-0.39, 0.29) is 0 Å². The van der Waals surface area contributed by atoms with Crippen LogP contribution >= 0.6 is 0 Å². The lowest BCUT2D eigenvalue weighted by molar-refractivity contribution is 0.683. The summed E-state index contributed by atoms with van der Waals surface area (Å²) in [4.78, 5) is 0.526. The predicted octanol–water partition coefficient (Wildman–Crippen LogP) is 0.974. The molecule has 0 radical (unpaired) electrons. The van der Waals surface area contributed by atoms with Crippen molar-refractivity contribution in [3.63, 3.8) is 0 Å². The second-order valence-corrected chi connectivity index (χ2v) is 5.41. The molecule has 11 heavy (non-hydrogen) atoms.